The highest BCUT2D eigenvalue weighted by molar-refractivity contribution is 5.17. The van der Waals surface area contributed by atoms with Crippen LogP contribution in [0.4, 0.5) is 8.78 Å². The molecule has 0 saturated carbocycles. The van der Waals surface area contributed by atoms with Gasteiger partial charge in [0.2, 0.25) is 0 Å². The average molecular weight is 296 g/mol. The molecule has 21 heavy (non-hydrogen) atoms. The van der Waals surface area contributed by atoms with Crippen LogP contribution in [0.15, 0.2) is 18.2 Å². The van der Waals surface area contributed by atoms with Gasteiger partial charge in [0.1, 0.15) is 11.6 Å². The molecule has 0 spiro atoms. The number of benzene rings is 1. The summed E-state index contributed by atoms with van der Waals surface area (Å²) in [7, 11) is 0. The normalized spacial score (nSPS) is 23.4. The van der Waals surface area contributed by atoms with Crippen molar-refractivity contribution in [2.75, 3.05) is 19.6 Å². The summed E-state index contributed by atoms with van der Waals surface area (Å²) in [4.78, 5) is 2.31. The van der Waals surface area contributed by atoms with E-state index >= 15 is 0 Å². The van der Waals surface area contributed by atoms with Crippen LogP contribution in [0.5, 0.6) is 0 Å². The van der Waals surface area contributed by atoms with Gasteiger partial charge in [-0.25, -0.2) is 8.78 Å². The molecule has 1 heterocycles. The van der Waals surface area contributed by atoms with Gasteiger partial charge in [-0.15, -0.1) is 0 Å². The highest BCUT2D eigenvalue weighted by atomic mass is 19.1. The fraction of sp³-hybridized carbons (Fsp3) is 0.647. The Labute approximate surface area is 126 Å². The van der Waals surface area contributed by atoms with Crippen LogP contribution in [0.3, 0.4) is 0 Å². The summed E-state index contributed by atoms with van der Waals surface area (Å²) in [6.45, 7) is 8.08. The van der Waals surface area contributed by atoms with Crippen LogP contribution in [-0.2, 0) is 6.54 Å². The minimum atomic E-state index is -0.489. The Kier molecular flexibility index (Phi) is 6.12. The number of nitrogens with zero attached hydrogens (tertiary/aromatic N) is 1. The first-order valence-electron chi connectivity index (χ1n) is 8.03. The van der Waals surface area contributed by atoms with E-state index in [0.29, 0.717) is 18.5 Å². The van der Waals surface area contributed by atoms with E-state index in [9.17, 15) is 8.78 Å². The summed E-state index contributed by atoms with van der Waals surface area (Å²) in [5, 5.41) is 3.63. The predicted molar refractivity (Wildman–Crippen MR) is 82.1 cm³/mol. The van der Waals surface area contributed by atoms with E-state index in [1.54, 1.807) is 0 Å². The molecular weight excluding hydrogens is 270 g/mol. The van der Waals surface area contributed by atoms with E-state index < -0.39 is 11.6 Å². The molecule has 2 unspecified atom stereocenters. The van der Waals surface area contributed by atoms with Crippen molar-refractivity contribution in [1.82, 2.24) is 10.2 Å². The van der Waals surface area contributed by atoms with Crippen LogP contribution in [0.25, 0.3) is 0 Å². The number of likely N-dealkylation sites (tertiary alicyclic amines) is 1. The van der Waals surface area contributed by atoms with Crippen LogP contribution < -0.4 is 5.32 Å². The molecule has 0 radical (unpaired) electrons. The van der Waals surface area contributed by atoms with E-state index in [1.165, 1.54) is 12.1 Å². The molecule has 118 valence electrons. The Bertz CT molecular complexity index is 430. The zero-order valence-electron chi connectivity index (χ0n) is 13.0. The third-order valence-electron chi connectivity index (χ3n) is 4.33. The minimum absolute atomic E-state index is 0.489. The fourth-order valence-corrected chi connectivity index (χ4v) is 3.22. The zero-order chi connectivity index (χ0) is 15.2. The lowest BCUT2D eigenvalue weighted by Gasteiger charge is -2.39. The summed E-state index contributed by atoms with van der Waals surface area (Å²) in [5.74, 6) is -0.364. The van der Waals surface area contributed by atoms with Gasteiger partial charge in [-0.3, -0.25) is 4.90 Å². The maximum Gasteiger partial charge on any atom is 0.126 e. The number of hydrogen-bond donors (Lipinski definition) is 1. The Hall–Kier alpha value is -1.00. The van der Waals surface area contributed by atoms with E-state index in [0.717, 1.165) is 50.5 Å². The Morgan fingerprint density at radius 3 is 2.52 bits per heavy atom. The van der Waals surface area contributed by atoms with Gasteiger partial charge >= 0.3 is 0 Å². The van der Waals surface area contributed by atoms with Crippen molar-refractivity contribution < 1.29 is 8.78 Å². The van der Waals surface area contributed by atoms with Crippen molar-refractivity contribution in [3.05, 3.63) is 35.4 Å². The molecule has 1 N–H and O–H groups in total. The van der Waals surface area contributed by atoms with Gasteiger partial charge in [-0.05, 0) is 49.5 Å². The molecule has 0 aliphatic carbocycles. The molecule has 0 amide bonds. The topological polar surface area (TPSA) is 15.3 Å². The lowest BCUT2D eigenvalue weighted by atomic mass is 9.89. The number of rotatable bonds is 6. The van der Waals surface area contributed by atoms with E-state index in [-0.39, 0.29) is 0 Å². The van der Waals surface area contributed by atoms with Crippen molar-refractivity contribution in [3.8, 4) is 0 Å². The molecular formula is C17H26F2N2. The molecule has 1 aromatic rings. The van der Waals surface area contributed by atoms with Gasteiger partial charge in [-0.1, -0.05) is 20.3 Å². The molecule has 1 saturated heterocycles. The van der Waals surface area contributed by atoms with E-state index in [1.807, 2.05) is 0 Å². The Morgan fingerprint density at radius 1 is 1.19 bits per heavy atom. The SMILES string of the molecule is CCCNC1CCN(Cc2cc(F)cc(F)c2)CC1CC. The zero-order valence-corrected chi connectivity index (χ0v) is 13.0. The van der Waals surface area contributed by atoms with Gasteiger partial charge < -0.3 is 5.32 Å². The van der Waals surface area contributed by atoms with Crippen molar-refractivity contribution in [3.63, 3.8) is 0 Å². The summed E-state index contributed by atoms with van der Waals surface area (Å²) in [6, 6.07) is 4.38. The first-order chi connectivity index (χ1) is 10.1. The number of halogens is 2. The monoisotopic (exact) mass is 296 g/mol. The average Bonchev–Trinajstić information content (AvgIpc) is 2.44. The molecule has 0 bridgehead atoms. The molecule has 1 aromatic carbocycles. The number of hydrogen-bond acceptors (Lipinski definition) is 2. The van der Waals surface area contributed by atoms with Crippen LogP contribution in [0.2, 0.25) is 0 Å². The smallest absolute Gasteiger partial charge is 0.126 e. The summed E-state index contributed by atoms with van der Waals surface area (Å²) >= 11 is 0. The summed E-state index contributed by atoms with van der Waals surface area (Å²) < 4.78 is 26.5. The first-order valence-corrected chi connectivity index (χ1v) is 8.03. The van der Waals surface area contributed by atoms with Gasteiger partial charge in [-0.2, -0.15) is 0 Å². The van der Waals surface area contributed by atoms with Crippen molar-refractivity contribution in [1.29, 1.82) is 0 Å². The van der Waals surface area contributed by atoms with Gasteiger partial charge in [0.05, 0.1) is 0 Å². The first kappa shape index (κ1) is 16.4. The molecule has 1 fully saturated rings. The number of nitrogens with one attached hydrogen (secondary N) is 1. The van der Waals surface area contributed by atoms with E-state index in [2.05, 4.69) is 24.1 Å². The summed E-state index contributed by atoms with van der Waals surface area (Å²) in [5.41, 5.74) is 0.724. The Balaban J connectivity index is 1.93. The molecule has 4 heteroatoms. The number of piperidine rings is 1. The van der Waals surface area contributed by atoms with Crippen LogP contribution in [0.1, 0.15) is 38.7 Å². The Morgan fingerprint density at radius 2 is 1.90 bits per heavy atom. The third-order valence-corrected chi connectivity index (χ3v) is 4.33. The lowest BCUT2D eigenvalue weighted by Crippen LogP contribution is -2.49. The predicted octanol–water partition coefficient (Wildman–Crippen LogP) is 3.56. The molecule has 2 nitrogen and oxygen atoms in total. The fourth-order valence-electron chi connectivity index (χ4n) is 3.22. The van der Waals surface area contributed by atoms with Gasteiger partial charge in [0.15, 0.2) is 0 Å². The quantitative estimate of drug-likeness (QED) is 0.863. The van der Waals surface area contributed by atoms with Crippen molar-refractivity contribution >= 4 is 0 Å². The maximum absolute atomic E-state index is 13.3. The third kappa shape index (κ3) is 4.75. The molecule has 0 aromatic heterocycles. The van der Waals surface area contributed by atoms with Crippen LogP contribution >= 0.6 is 0 Å². The molecule has 2 rings (SSSR count). The van der Waals surface area contributed by atoms with Gasteiger partial charge in [0, 0.05) is 25.2 Å². The standard InChI is InChI=1S/C17H26F2N2/c1-3-6-20-17-5-7-21(12-14(17)4-2)11-13-8-15(18)10-16(19)9-13/h8-10,14,17,20H,3-7,11-12H2,1-2H3. The molecule has 2 atom stereocenters. The van der Waals surface area contributed by atoms with Gasteiger partial charge in [0.25, 0.3) is 0 Å². The second-order valence-corrected chi connectivity index (χ2v) is 6.03. The molecule has 1 aliphatic rings. The van der Waals surface area contributed by atoms with Crippen molar-refractivity contribution in [2.24, 2.45) is 5.92 Å². The highest BCUT2D eigenvalue weighted by Crippen LogP contribution is 2.22. The lowest BCUT2D eigenvalue weighted by molar-refractivity contribution is 0.128. The largest absolute Gasteiger partial charge is 0.314 e. The molecule has 1 aliphatic heterocycles. The van der Waals surface area contributed by atoms with E-state index in [4.69, 9.17) is 0 Å². The van der Waals surface area contributed by atoms with Crippen molar-refractivity contribution in [2.45, 2.75) is 45.7 Å². The summed E-state index contributed by atoms with van der Waals surface area (Å²) in [6.07, 6.45) is 3.39. The second kappa shape index (κ2) is 7.85. The maximum atomic E-state index is 13.3. The highest BCUT2D eigenvalue weighted by Gasteiger charge is 2.27. The van der Waals surface area contributed by atoms with Crippen LogP contribution in [0, 0.1) is 17.6 Å². The second-order valence-electron chi connectivity index (χ2n) is 6.03. The minimum Gasteiger partial charge on any atom is -0.314 e. The van der Waals surface area contributed by atoms with Crippen LogP contribution in [-0.4, -0.2) is 30.6 Å².